The number of esters is 1. The van der Waals surface area contributed by atoms with Gasteiger partial charge >= 0.3 is 5.97 Å². The normalized spacial score (nSPS) is 21.6. The second-order valence-electron chi connectivity index (χ2n) is 7.89. The van der Waals surface area contributed by atoms with Gasteiger partial charge in [0, 0.05) is 29.8 Å². The van der Waals surface area contributed by atoms with E-state index in [0.29, 0.717) is 29.8 Å². The molecule has 0 bridgehead atoms. The van der Waals surface area contributed by atoms with Gasteiger partial charge in [-0.25, -0.2) is 9.18 Å². The van der Waals surface area contributed by atoms with E-state index in [4.69, 9.17) is 4.74 Å². The molecule has 0 aromatic heterocycles. The number of fused-ring (bicyclic) bond motifs is 1. The molecular weight excluding hydrogens is 447 g/mol. The minimum absolute atomic E-state index is 0.134. The Balaban J connectivity index is 1.40. The van der Waals surface area contributed by atoms with Gasteiger partial charge in [0.15, 0.2) is 12.4 Å². The summed E-state index contributed by atoms with van der Waals surface area (Å²) >= 11 is 1.46. The number of carbonyl (C=O) groups is 4. The van der Waals surface area contributed by atoms with E-state index < -0.39 is 23.5 Å². The molecule has 2 aromatic rings. The molecule has 33 heavy (non-hydrogen) atoms. The lowest BCUT2D eigenvalue weighted by Gasteiger charge is -2.33. The molecule has 0 radical (unpaired) electrons. The lowest BCUT2D eigenvalue weighted by molar-refractivity contribution is -0.152. The summed E-state index contributed by atoms with van der Waals surface area (Å²) in [6, 6.07) is 11.5. The van der Waals surface area contributed by atoms with Crippen LogP contribution in [-0.4, -0.2) is 46.9 Å². The first kappa shape index (κ1) is 23.0. The zero-order valence-electron chi connectivity index (χ0n) is 18.0. The highest BCUT2D eigenvalue weighted by Crippen LogP contribution is 2.54. The lowest BCUT2D eigenvalue weighted by atomic mass is 10.0. The predicted octanol–water partition coefficient (Wildman–Crippen LogP) is 3.49. The number of anilines is 1. The van der Waals surface area contributed by atoms with Gasteiger partial charge in [-0.1, -0.05) is 19.1 Å². The molecule has 2 atom stereocenters. The summed E-state index contributed by atoms with van der Waals surface area (Å²) < 4.78 is 18.7. The minimum Gasteiger partial charge on any atom is -0.456 e. The molecule has 1 N–H and O–H groups in total. The fourth-order valence-electron chi connectivity index (χ4n) is 4.13. The second kappa shape index (κ2) is 9.35. The summed E-state index contributed by atoms with van der Waals surface area (Å²) in [5.41, 5.74) is 1.68. The van der Waals surface area contributed by atoms with Crippen LogP contribution in [-0.2, 0) is 24.0 Å². The third kappa shape index (κ3) is 4.50. The summed E-state index contributed by atoms with van der Waals surface area (Å²) in [6.07, 6.45) is 1.15. The van der Waals surface area contributed by atoms with Crippen molar-refractivity contribution >= 4 is 41.0 Å². The molecule has 2 fully saturated rings. The van der Waals surface area contributed by atoms with E-state index in [9.17, 15) is 23.6 Å². The highest BCUT2D eigenvalue weighted by atomic mass is 32.2. The molecule has 2 saturated heterocycles. The van der Waals surface area contributed by atoms with Crippen LogP contribution in [0.25, 0.3) is 0 Å². The topological polar surface area (TPSA) is 92.8 Å². The number of thioether (sulfide) groups is 1. The van der Waals surface area contributed by atoms with Crippen molar-refractivity contribution in [3.8, 4) is 0 Å². The molecule has 2 aliphatic heterocycles. The van der Waals surface area contributed by atoms with Crippen molar-refractivity contribution in [1.82, 2.24) is 4.90 Å². The first-order valence-electron chi connectivity index (χ1n) is 10.7. The molecule has 0 unspecified atom stereocenters. The van der Waals surface area contributed by atoms with Gasteiger partial charge in [-0.3, -0.25) is 14.4 Å². The van der Waals surface area contributed by atoms with E-state index in [1.165, 1.54) is 28.8 Å². The van der Waals surface area contributed by atoms with Crippen LogP contribution in [0.1, 0.15) is 42.1 Å². The van der Waals surface area contributed by atoms with Crippen LogP contribution < -0.4 is 5.32 Å². The predicted molar refractivity (Wildman–Crippen MR) is 121 cm³/mol. The third-order valence-corrected chi connectivity index (χ3v) is 7.45. The monoisotopic (exact) mass is 470 g/mol. The molecule has 2 heterocycles. The third-order valence-electron chi connectivity index (χ3n) is 5.85. The number of amides is 2. The number of carbonyl (C=O) groups excluding carboxylic acids is 4. The van der Waals surface area contributed by atoms with Gasteiger partial charge in [0.1, 0.15) is 16.7 Å². The molecule has 0 saturated carbocycles. The fraction of sp³-hybridized carbons (Fsp3) is 0.333. The molecule has 0 aliphatic carbocycles. The van der Waals surface area contributed by atoms with Gasteiger partial charge in [0.25, 0.3) is 0 Å². The van der Waals surface area contributed by atoms with Crippen molar-refractivity contribution in [2.24, 2.45) is 0 Å². The highest BCUT2D eigenvalue weighted by molar-refractivity contribution is 8.00. The number of rotatable bonds is 7. The van der Waals surface area contributed by atoms with Crippen molar-refractivity contribution in [3.63, 3.8) is 0 Å². The molecule has 9 heteroatoms. The molecule has 4 rings (SSSR count). The van der Waals surface area contributed by atoms with Gasteiger partial charge in [-0.15, -0.1) is 11.8 Å². The van der Waals surface area contributed by atoms with Crippen molar-refractivity contribution in [3.05, 3.63) is 65.5 Å². The number of hydrogen-bond acceptors (Lipinski definition) is 6. The average molecular weight is 471 g/mol. The lowest BCUT2D eigenvalue weighted by Crippen LogP contribution is -2.47. The van der Waals surface area contributed by atoms with Crippen molar-refractivity contribution in [2.75, 3.05) is 17.7 Å². The summed E-state index contributed by atoms with van der Waals surface area (Å²) in [4.78, 5) is 50.2. The minimum atomic E-state index is -0.811. The van der Waals surface area contributed by atoms with Gasteiger partial charge in [0.2, 0.25) is 11.8 Å². The average Bonchev–Trinajstić information content (AvgIpc) is 3.37. The van der Waals surface area contributed by atoms with Gasteiger partial charge in [-0.2, -0.15) is 0 Å². The van der Waals surface area contributed by atoms with Crippen LogP contribution >= 0.6 is 11.8 Å². The SMILES string of the molecule is CCC(=O)Nc1ccc(C(=O)COC(=O)[C@@H]2CS[C@]3(c4ccc(F)cc4)CCC(=O)N23)cc1. The van der Waals surface area contributed by atoms with E-state index in [1.54, 1.807) is 43.3 Å². The zero-order chi connectivity index (χ0) is 23.6. The highest BCUT2D eigenvalue weighted by Gasteiger charge is 2.57. The molecule has 0 spiro atoms. The Labute approximate surface area is 194 Å². The molecule has 2 aromatic carbocycles. The van der Waals surface area contributed by atoms with E-state index in [0.717, 1.165) is 5.56 Å². The van der Waals surface area contributed by atoms with Crippen LogP contribution in [0.2, 0.25) is 0 Å². The van der Waals surface area contributed by atoms with E-state index in [2.05, 4.69) is 5.32 Å². The first-order chi connectivity index (χ1) is 15.8. The molecule has 172 valence electrons. The molecule has 7 nitrogen and oxygen atoms in total. The number of ether oxygens (including phenoxy) is 1. The Kier molecular flexibility index (Phi) is 6.51. The Bertz CT molecular complexity index is 1090. The number of nitrogens with zero attached hydrogens (tertiary/aromatic N) is 1. The molecule has 2 amide bonds. The number of nitrogens with one attached hydrogen (secondary N) is 1. The fourth-order valence-corrected chi connectivity index (χ4v) is 5.77. The summed E-state index contributed by atoms with van der Waals surface area (Å²) in [6.45, 7) is 1.29. The van der Waals surface area contributed by atoms with Crippen LogP contribution in [0.15, 0.2) is 48.5 Å². The number of Topliss-reactive ketones (excluding diaryl/α,β-unsaturated/α-hetero) is 1. The molecular formula is C24H23FN2O5S. The van der Waals surface area contributed by atoms with Crippen LogP contribution in [0.4, 0.5) is 10.1 Å². The first-order valence-corrected chi connectivity index (χ1v) is 11.6. The summed E-state index contributed by atoms with van der Waals surface area (Å²) in [7, 11) is 0. The Morgan fingerprint density at radius 1 is 1.15 bits per heavy atom. The van der Waals surface area contributed by atoms with Crippen LogP contribution in [0.3, 0.4) is 0 Å². The number of halogens is 1. The zero-order valence-corrected chi connectivity index (χ0v) is 18.8. The van der Waals surface area contributed by atoms with Crippen LogP contribution in [0.5, 0.6) is 0 Å². The Morgan fingerprint density at radius 2 is 1.85 bits per heavy atom. The number of ketones is 1. The van der Waals surface area contributed by atoms with Crippen LogP contribution in [0, 0.1) is 5.82 Å². The van der Waals surface area contributed by atoms with E-state index in [1.807, 2.05) is 0 Å². The number of hydrogen-bond donors (Lipinski definition) is 1. The summed E-state index contributed by atoms with van der Waals surface area (Å²) in [5.74, 6) is -1.36. The Morgan fingerprint density at radius 3 is 2.52 bits per heavy atom. The van der Waals surface area contributed by atoms with Crippen molar-refractivity contribution in [1.29, 1.82) is 0 Å². The Hall–Kier alpha value is -3.20. The quantitative estimate of drug-likeness (QED) is 0.492. The van der Waals surface area contributed by atoms with Gasteiger partial charge in [-0.05, 0) is 48.4 Å². The second-order valence-corrected chi connectivity index (χ2v) is 9.19. The van der Waals surface area contributed by atoms with Gasteiger partial charge < -0.3 is 15.0 Å². The maximum Gasteiger partial charge on any atom is 0.330 e. The molecule has 2 aliphatic rings. The van der Waals surface area contributed by atoms with Crippen molar-refractivity contribution < 1.29 is 28.3 Å². The van der Waals surface area contributed by atoms with E-state index in [-0.39, 0.29) is 29.8 Å². The maximum absolute atomic E-state index is 13.4. The van der Waals surface area contributed by atoms with Crippen molar-refractivity contribution in [2.45, 2.75) is 37.1 Å². The smallest absolute Gasteiger partial charge is 0.330 e. The summed E-state index contributed by atoms with van der Waals surface area (Å²) in [5, 5.41) is 2.69. The standard InChI is InChI=1S/C24H23FN2O5S/c1-2-21(29)26-18-9-3-15(4-10-18)20(28)13-32-23(31)19-14-33-24(12-11-22(30)27(19)24)16-5-7-17(25)8-6-16/h3-10,19H,2,11-14H2,1H3,(H,26,29)/t19-,24-/m0/s1. The number of benzene rings is 2. The van der Waals surface area contributed by atoms with Gasteiger partial charge in [0.05, 0.1) is 0 Å². The largest absolute Gasteiger partial charge is 0.456 e. The van der Waals surface area contributed by atoms with E-state index >= 15 is 0 Å². The maximum atomic E-state index is 13.4.